The number of fused-ring (bicyclic) bond motifs is 1. The van der Waals surface area contributed by atoms with Crippen molar-refractivity contribution in [3.8, 4) is 0 Å². The Hall–Kier alpha value is -2.30. The van der Waals surface area contributed by atoms with E-state index in [1.165, 1.54) is 12.8 Å². The van der Waals surface area contributed by atoms with Crippen molar-refractivity contribution >= 4 is 11.5 Å². The Balaban J connectivity index is 1.72. The van der Waals surface area contributed by atoms with Gasteiger partial charge in [-0.1, -0.05) is 12.7 Å². The van der Waals surface area contributed by atoms with Crippen molar-refractivity contribution in [2.24, 2.45) is 0 Å². The molecule has 2 aromatic rings. The van der Waals surface area contributed by atoms with Gasteiger partial charge >= 0.3 is 0 Å². The van der Waals surface area contributed by atoms with Crippen molar-refractivity contribution in [1.82, 2.24) is 19.5 Å². The Morgan fingerprint density at radius 3 is 3.00 bits per heavy atom. The van der Waals surface area contributed by atoms with Crippen molar-refractivity contribution in [2.75, 3.05) is 18.0 Å². The number of aromatic nitrogens is 3. The molecule has 2 aliphatic rings. The number of rotatable bonds is 3. The molecule has 0 bridgehead atoms. The standard InChI is InChI=1S/C18H23N5/c1-3-21-9-5-4-8-16(21)15-12-17-19-18(22-10-6-7-11-22)14(2)13-23(17)20-15/h3,6,10,12-13,16H,1,4-5,7-9,11H2,2H3. The summed E-state index contributed by atoms with van der Waals surface area (Å²) in [5.74, 6) is 1.04. The van der Waals surface area contributed by atoms with Gasteiger partial charge in [0.2, 0.25) is 0 Å². The van der Waals surface area contributed by atoms with E-state index in [1.807, 2.05) is 10.7 Å². The van der Waals surface area contributed by atoms with Crippen LogP contribution < -0.4 is 4.90 Å². The molecule has 2 aromatic heterocycles. The molecule has 4 heterocycles. The molecule has 23 heavy (non-hydrogen) atoms. The van der Waals surface area contributed by atoms with Gasteiger partial charge in [0.05, 0.1) is 11.7 Å². The summed E-state index contributed by atoms with van der Waals surface area (Å²) in [4.78, 5) is 9.38. The van der Waals surface area contributed by atoms with E-state index < -0.39 is 0 Å². The minimum atomic E-state index is 0.332. The van der Waals surface area contributed by atoms with Crippen LogP contribution in [0.1, 0.15) is 43.0 Å². The van der Waals surface area contributed by atoms with Crippen LogP contribution in [0.25, 0.3) is 5.65 Å². The molecule has 1 unspecified atom stereocenters. The van der Waals surface area contributed by atoms with Gasteiger partial charge in [-0.05, 0) is 38.8 Å². The predicted octanol–water partition coefficient (Wildman–Crippen LogP) is 3.43. The minimum absolute atomic E-state index is 0.332. The molecule has 0 radical (unpaired) electrons. The van der Waals surface area contributed by atoms with Crippen LogP contribution in [0.4, 0.5) is 5.82 Å². The SMILES string of the molecule is C=CN1CCCCC1c1cc2nc(N3C=CCC3)c(C)cn2n1. The highest BCUT2D eigenvalue weighted by atomic mass is 15.3. The highest BCUT2D eigenvalue weighted by Crippen LogP contribution is 2.31. The third kappa shape index (κ3) is 2.50. The Bertz CT molecular complexity index is 760. The van der Waals surface area contributed by atoms with E-state index >= 15 is 0 Å². The fraction of sp³-hybridized carbons (Fsp3) is 0.444. The first-order valence-corrected chi connectivity index (χ1v) is 8.45. The lowest BCUT2D eigenvalue weighted by Gasteiger charge is -2.33. The van der Waals surface area contributed by atoms with Crippen LogP contribution in [0.15, 0.2) is 37.3 Å². The van der Waals surface area contributed by atoms with Crippen molar-refractivity contribution in [1.29, 1.82) is 0 Å². The summed E-state index contributed by atoms with van der Waals surface area (Å²) in [5.41, 5.74) is 3.18. The summed E-state index contributed by atoms with van der Waals surface area (Å²) in [7, 11) is 0. The number of likely N-dealkylation sites (tertiary alicyclic amines) is 1. The van der Waals surface area contributed by atoms with Crippen LogP contribution in [0.2, 0.25) is 0 Å². The molecule has 1 atom stereocenters. The first-order chi connectivity index (χ1) is 11.3. The molecule has 2 aliphatic heterocycles. The van der Waals surface area contributed by atoms with Crippen LogP contribution in [-0.4, -0.2) is 32.6 Å². The van der Waals surface area contributed by atoms with Gasteiger partial charge in [-0.3, -0.25) is 0 Å². The maximum Gasteiger partial charge on any atom is 0.157 e. The number of hydrogen-bond donors (Lipinski definition) is 0. The van der Waals surface area contributed by atoms with Crippen LogP contribution in [-0.2, 0) is 0 Å². The molecule has 0 saturated carbocycles. The maximum absolute atomic E-state index is 4.85. The predicted molar refractivity (Wildman–Crippen MR) is 92.3 cm³/mol. The maximum atomic E-state index is 4.85. The Morgan fingerprint density at radius 1 is 1.30 bits per heavy atom. The topological polar surface area (TPSA) is 36.7 Å². The Morgan fingerprint density at radius 2 is 2.22 bits per heavy atom. The fourth-order valence-corrected chi connectivity index (χ4v) is 3.63. The van der Waals surface area contributed by atoms with Crippen molar-refractivity contribution < 1.29 is 0 Å². The summed E-state index contributed by atoms with van der Waals surface area (Å²) in [6, 6.07) is 2.47. The Kier molecular flexibility index (Phi) is 3.56. The van der Waals surface area contributed by atoms with Crippen LogP contribution in [0, 0.1) is 6.92 Å². The van der Waals surface area contributed by atoms with Gasteiger partial charge in [0.15, 0.2) is 5.65 Å². The zero-order valence-corrected chi connectivity index (χ0v) is 13.6. The molecule has 0 N–H and O–H groups in total. The highest BCUT2D eigenvalue weighted by molar-refractivity contribution is 5.56. The van der Waals surface area contributed by atoms with Gasteiger partial charge < -0.3 is 9.80 Å². The van der Waals surface area contributed by atoms with Crippen LogP contribution in [0.3, 0.4) is 0 Å². The normalized spacial score (nSPS) is 21.3. The van der Waals surface area contributed by atoms with Crippen molar-refractivity contribution in [3.63, 3.8) is 0 Å². The third-order valence-corrected chi connectivity index (χ3v) is 4.84. The monoisotopic (exact) mass is 309 g/mol. The number of aryl methyl sites for hydroxylation is 1. The number of nitrogens with zero attached hydrogens (tertiary/aromatic N) is 5. The molecule has 1 saturated heterocycles. The van der Waals surface area contributed by atoms with E-state index in [1.54, 1.807) is 0 Å². The number of hydrogen-bond acceptors (Lipinski definition) is 4. The second kappa shape index (κ2) is 5.72. The van der Waals surface area contributed by atoms with E-state index in [0.29, 0.717) is 6.04 Å². The molecule has 5 heteroatoms. The summed E-state index contributed by atoms with van der Waals surface area (Å²) in [6.07, 6.45) is 13.1. The van der Waals surface area contributed by atoms with Gasteiger partial charge in [-0.2, -0.15) is 5.10 Å². The van der Waals surface area contributed by atoms with E-state index in [9.17, 15) is 0 Å². The molecular formula is C18H23N5. The van der Waals surface area contributed by atoms with Crippen molar-refractivity contribution in [3.05, 3.63) is 48.6 Å². The molecule has 0 aliphatic carbocycles. The van der Waals surface area contributed by atoms with Gasteiger partial charge in [0.25, 0.3) is 0 Å². The van der Waals surface area contributed by atoms with Gasteiger partial charge in [-0.15, -0.1) is 0 Å². The van der Waals surface area contributed by atoms with E-state index in [0.717, 1.165) is 48.7 Å². The second-order valence-corrected chi connectivity index (χ2v) is 6.42. The molecule has 4 rings (SSSR count). The lowest BCUT2D eigenvalue weighted by atomic mass is 10.00. The molecule has 5 nitrogen and oxygen atoms in total. The molecule has 1 fully saturated rings. The van der Waals surface area contributed by atoms with E-state index in [2.05, 4.69) is 47.8 Å². The summed E-state index contributed by atoms with van der Waals surface area (Å²) < 4.78 is 1.92. The zero-order chi connectivity index (χ0) is 15.8. The molecule has 120 valence electrons. The molecular weight excluding hydrogens is 286 g/mol. The minimum Gasteiger partial charge on any atom is -0.369 e. The lowest BCUT2D eigenvalue weighted by Crippen LogP contribution is -2.28. The summed E-state index contributed by atoms with van der Waals surface area (Å²) >= 11 is 0. The van der Waals surface area contributed by atoms with Gasteiger partial charge in [-0.25, -0.2) is 9.50 Å². The number of anilines is 1. The molecule has 0 spiro atoms. The van der Waals surface area contributed by atoms with Crippen LogP contribution in [0.5, 0.6) is 0 Å². The largest absolute Gasteiger partial charge is 0.369 e. The van der Waals surface area contributed by atoms with Gasteiger partial charge in [0, 0.05) is 37.1 Å². The summed E-state index contributed by atoms with van der Waals surface area (Å²) in [6.45, 7) is 8.14. The fourth-order valence-electron chi connectivity index (χ4n) is 3.63. The molecule has 0 amide bonds. The van der Waals surface area contributed by atoms with Gasteiger partial charge in [0.1, 0.15) is 5.82 Å². The Labute approximate surface area is 136 Å². The lowest BCUT2D eigenvalue weighted by molar-refractivity contribution is 0.212. The quantitative estimate of drug-likeness (QED) is 0.870. The number of piperidine rings is 1. The summed E-state index contributed by atoms with van der Waals surface area (Å²) in [5, 5.41) is 4.79. The second-order valence-electron chi connectivity index (χ2n) is 6.42. The van der Waals surface area contributed by atoms with E-state index in [-0.39, 0.29) is 0 Å². The van der Waals surface area contributed by atoms with E-state index in [4.69, 9.17) is 10.1 Å². The van der Waals surface area contributed by atoms with Crippen molar-refractivity contribution in [2.45, 2.75) is 38.6 Å². The average Bonchev–Trinajstić information content (AvgIpc) is 3.23. The average molecular weight is 309 g/mol. The van der Waals surface area contributed by atoms with Crippen LogP contribution >= 0.6 is 0 Å². The first kappa shape index (κ1) is 14.3. The first-order valence-electron chi connectivity index (χ1n) is 8.45. The highest BCUT2D eigenvalue weighted by Gasteiger charge is 2.24. The smallest absolute Gasteiger partial charge is 0.157 e. The third-order valence-electron chi connectivity index (χ3n) is 4.84. The zero-order valence-electron chi connectivity index (χ0n) is 13.6. The molecule has 0 aromatic carbocycles.